The SMILES string of the molecule is C[C@@H](CCn1cncn1)NCc1cnc(N2CCN(C)CC2)nc1. The minimum atomic E-state index is 0.395. The Balaban J connectivity index is 1.42. The molecule has 1 N–H and O–H groups in total. The van der Waals surface area contributed by atoms with E-state index in [9.17, 15) is 0 Å². The normalized spacial score (nSPS) is 17.2. The van der Waals surface area contributed by atoms with Gasteiger partial charge >= 0.3 is 0 Å². The minimum absolute atomic E-state index is 0.395. The van der Waals surface area contributed by atoms with Crippen LogP contribution in [0, 0.1) is 0 Å². The largest absolute Gasteiger partial charge is 0.338 e. The van der Waals surface area contributed by atoms with Gasteiger partial charge in [-0.2, -0.15) is 5.10 Å². The predicted octanol–water partition coefficient (Wildman–Crippen LogP) is 0.388. The molecule has 1 aliphatic heterocycles. The fraction of sp³-hybridized carbons (Fsp3) is 0.625. The molecule has 1 atom stereocenters. The molecule has 0 bridgehead atoms. The van der Waals surface area contributed by atoms with Crippen molar-refractivity contribution in [3.63, 3.8) is 0 Å². The van der Waals surface area contributed by atoms with Gasteiger partial charge in [0.15, 0.2) is 0 Å². The van der Waals surface area contributed by atoms with Crippen molar-refractivity contribution in [1.29, 1.82) is 0 Å². The number of aryl methyl sites for hydroxylation is 1. The standard InChI is InChI=1S/C16H26N8/c1-14(3-4-24-13-17-12-21-24)18-9-15-10-19-16(20-11-15)23-7-5-22(2)6-8-23/h10-14,18H,3-9H2,1-2H3/t14-/m0/s1. The molecule has 1 saturated heterocycles. The second kappa shape index (κ2) is 8.16. The van der Waals surface area contributed by atoms with Crippen LogP contribution in [-0.4, -0.2) is 68.9 Å². The zero-order valence-electron chi connectivity index (χ0n) is 14.5. The molecule has 2 aromatic heterocycles. The van der Waals surface area contributed by atoms with Crippen LogP contribution in [0.2, 0.25) is 0 Å². The summed E-state index contributed by atoms with van der Waals surface area (Å²) in [5.74, 6) is 0.839. The molecule has 0 aliphatic carbocycles. The van der Waals surface area contributed by atoms with Gasteiger partial charge in [-0.3, -0.25) is 4.68 Å². The zero-order valence-corrected chi connectivity index (χ0v) is 14.5. The number of piperazine rings is 1. The quantitative estimate of drug-likeness (QED) is 0.787. The molecule has 130 valence electrons. The second-order valence-corrected chi connectivity index (χ2v) is 6.41. The highest BCUT2D eigenvalue weighted by Gasteiger charge is 2.16. The summed E-state index contributed by atoms with van der Waals surface area (Å²) < 4.78 is 1.85. The molecule has 8 heteroatoms. The number of aromatic nitrogens is 5. The lowest BCUT2D eigenvalue weighted by Gasteiger charge is -2.32. The number of nitrogens with one attached hydrogen (secondary N) is 1. The summed E-state index contributed by atoms with van der Waals surface area (Å²) in [5.41, 5.74) is 1.11. The van der Waals surface area contributed by atoms with E-state index < -0.39 is 0 Å². The topological polar surface area (TPSA) is 75.0 Å². The lowest BCUT2D eigenvalue weighted by molar-refractivity contribution is 0.311. The van der Waals surface area contributed by atoms with Gasteiger partial charge in [0.1, 0.15) is 12.7 Å². The van der Waals surface area contributed by atoms with Gasteiger partial charge in [-0.1, -0.05) is 0 Å². The summed E-state index contributed by atoms with van der Waals surface area (Å²) in [4.78, 5) is 17.6. The number of hydrogen-bond acceptors (Lipinski definition) is 7. The average Bonchev–Trinajstić information content (AvgIpc) is 3.13. The predicted molar refractivity (Wildman–Crippen MR) is 92.7 cm³/mol. The fourth-order valence-electron chi connectivity index (χ4n) is 2.68. The van der Waals surface area contributed by atoms with Crippen LogP contribution < -0.4 is 10.2 Å². The fourth-order valence-corrected chi connectivity index (χ4v) is 2.68. The molecule has 8 nitrogen and oxygen atoms in total. The third kappa shape index (κ3) is 4.72. The molecule has 24 heavy (non-hydrogen) atoms. The lowest BCUT2D eigenvalue weighted by atomic mass is 10.2. The number of hydrogen-bond donors (Lipinski definition) is 1. The van der Waals surface area contributed by atoms with Gasteiger partial charge in [0.2, 0.25) is 5.95 Å². The van der Waals surface area contributed by atoms with Crippen molar-refractivity contribution < 1.29 is 0 Å². The van der Waals surface area contributed by atoms with E-state index in [2.05, 4.69) is 49.1 Å². The first-order valence-electron chi connectivity index (χ1n) is 8.51. The summed E-state index contributed by atoms with van der Waals surface area (Å²) in [6, 6.07) is 0.395. The molecule has 3 rings (SSSR count). The molecule has 0 unspecified atom stereocenters. The number of anilines is 1. The van der Waals surface area contributed by atoms with E-state index >= 15 is 0 Å². The average molecular weight is 330 g/mol. The molecule has 3 heterocycles. The maximum absolute atomic E-state index is 4.53. The number of likely N-dealkylation sites (N-methyl/N-ethyl adjacent to an activating group) is 1. The molecule has 1 fully saturated rings. The highest BCUT2D eigenvalue weighted by Crippen LogP contribution is 2.10. The zero-order chi connectivity index (χ0) is 16.8. The van der Waals surface area contributed by atoms with Crippen LogP contribution in [0.4, 0.5) is 5.95 Å². The van der Waals surface area contributed by atoms with E-state index in [0.29, 0.717) is 6.04 Å². The van der Waals surface area contributed by atoms with E-state index in [1.807, 2.05) is 17.1 Å². The Labute approximate surface area is 142 Å². The molecule has 2 aromatic rings. The third-order valence-electron chi connectivity index (χ3n) is 4.39. The van der Waals surface area contributed by atoms with Gasteiger partial charge < -0.3 is 15.1 Å². The van der Waals surface area contributed by atoms with Crippen molar-refractivity contribution in [3.05, 3.63) is 30.6 Å². The summed E-state index contributed by atoms with van der Waals surface area (Å²) in [7, 11) is 2.15. The third-order valence-corrected chi connectivity index (χ3v) is 4.39. The van der Waals surface area contributed by atoms with E-state index in [0.717, 1.165) is 57.2 Å². The molecule has 0 aromatic carbocycles. The maximum Gasteiger partial charge on any atom is 0.225 e. The van der Waals surface area contributed by atoms with Gasteiger partial charge in [-0.25, -0.2) is 15.0 Å². The summed E-state index contributed by atoms with van der Waals surface area (Å²) in [5, 5.41) is 7.62. The first kappa shape index (κ1) is 16.8. The van der Waals surface area contributed by atoms with Crippen LogP contribution in [0.3, 0.4) is 0 Å². The van der Waals surface area contributed by atoms with Crippen LogP contribution in [0.25, 0.3) is 0 Å². The first-order chi connectivity index (χ1) is 11.7. The van der Waals surface area contributed by atoms with Crippen LogP contribution in [-0.2, 0) is 13.1 Å². The second-order valence-electron chi connectivity index (χ2n) is 6.41. The smallest absolute Gasteiger partial charge is 0.225 e. The Hall–Kier alpha value is -2.06. The van der Waals surface area contributed by atoms with Gasteiger partial charge in [0.05, 0.1) is 0 Å². The van der Waals surface area contributed by atoms with Crippen LogP contribution in [0.1, 0.15) is 18.9 Å². The van der Waals surface area contributed by atoms with Crippen molar-refractivity contribution in [2.75, 3.05) is 38.1 Å². The monoisotopic (exact) mass is 330 g/mol. The Morgan fingerprint density at radius 1 is 1.17 bits per heavy atom. The summed E-state index contributed by atoms with van der Waals surface area (Å²) in [6.45, 7) is 7.94. The lowest BCUT2D eigenvalue weighted by Crippen LogP contribution is -2.45. The van der Waals surface area contributed by atoms with Crippen molar-refractivity contribution in [2.45, 2.75) is 32.5 Å². The van der Waals surface area contributed by atoms with Crippen molar-refractivity contribution in [2.24, 2.45) is 0 Å². The summed E-state index contributed by atoms with van der Waals surface area (Å²) >= 11 is 0. The van der Waals surface area contributed by atoms with Gasteiger partial charge in [-0.05, 0) is 20.4 Å². The Morgan fingerprint density at radius 2 is 1.92 bits per heavy atom. The maximum atomic E-state index is 4.53. The Bertz CT molecular complexity index is 589. The molecule has 0 radical (unpaired) electrons. The molecule has 0 saturated carbocycles. The Kier molecular flexibility index (Phi) is 5.71. The van der Waals surface area contributed by atoms with Crippen LogP contribution >= 0.6 is 0 Å². The molecule has 0 spiro atoms. The van der Waals surface area contributed by atoms with E-state index in [-0.39, 0.29) is 0 Å². The van der Waals surface area contributed by atoms with Crippen molar-refractivity contribution in [1.82, 2.24) is 34.9 Å². The van der Waals surface area contributed by atoms with E-state index in [1.54, 1.807) is 12.7 Å². The highest BCUT2D eigenvalue weighted by atomic mass is 15.3. The highest BCUT2D eigenvalue weighted by molar-refractivity contribution is 5.30. The molecule has 0 amide bonds. The van der Waals surface area contributed by atoms with Gasteiger partial charge in [-0.15, -0.1) is 0 Å². The van der Waals surface area contributed by atoms with Crippen LogP contribution in [0.5, 0.6) is 0 Å². The van der Waals surface area contributed by atoms with Crippen molar-refractivity contribution in [3.8, 4) is 0 Å². The minimum Gasteiger partial charge on any atom is -0.338 e. The summed E-state index contributed by atoms with van der Waals surface area (Å²) in [6.07, 6.45) is 8.17. The Morgan fingerprint density at radius 3 is 2.58 bits per heavy atom. The number of rotatable bonds is 7. The molecule has 1 aliphatic rings. The number of nitrogens with zero attached hydrogens (tertiary/aromatic N) is 7. The first-order valence-corrected chi connectivity index (χ1v) is 8.51. The van der Waals surface area contributed by atoms with E-state index in [1.165, 1.54) is 0 Å². The molecular formula is C16H26N8. The van der Waals surface area contributed by atoms with Crippen molar-refractivity contribution >= 4 is 5.95 Å². The van der Waals surface area contributed by atoms with E-state index in [4.69, 9.17) is 0 Å². The molecular weight excluding hydrogens is 304 g/mol. The van der Waals surface area contributed by atoms with Gasteiger partial charge in [0.25, 0.3) is 0 Å². The van der Waals surface area contributed by atoms with Gasteiger partial charge in [0, 0.05) is 63.3 Å². The van der Waals surface area contributed by atoms with Crippen LogP contribution in [0.15, 0.2) is 25.0 Å².